The van der Waals surface area contributed by atoms with Crippen molar-refractivity contribution in [2.45, 2.75) is 32.2 Å². The van der Waals surface area contributed by atoms with Gasteiger partial charge in [-0.25, -0.2) is 4.79 Å². The molecule has 35 heavy (non-hydrogen) atoms. The van der Waals surface area contributed by atoms with E-state index in [9.17, 15) is 29.4 Å². The topological polar surface area (TPSA) is 121 Å². The van der Waals surface area contributed by atoms with Crippen LogP contribution in [0.3, 0.4) is 0 Å². The van der Waals surface area contributed by atoms with Crippen molar-refractivity contribution in [3.8, 4) is 5.75 Å². The average molecular weight is 538 g/mol. The molecular weight excluding hydrogens is 518 g/mol. The lowest BCUT2D eigenvalue weighted by Gasteiger charge is -2.36. The third-order valence-electron chi connectivity index (χ3n) is 6.51. The first kappa shape index (κ1) is 23.0. The van der Waals surface area contributed by atoms with Gasteiger partial charge in [-0.1, -0.05) is 54.0 Å². The number of aliphatic hydroxyl groups is 1. The summed E-state index contributed by atoms with van der Waals surface area (Å²) in [5.74, 6) is -4.84. The molecule has 2 aromatic carbocycles. The Labute approximate surface area is 208 Å². The fourth-order valence-corrected chi connectivity index (χ4v) is 5.35. The number of ketones is 2. The zero-order chi connectivity index (χ0) is 25.3. The van der Waals surface area contributed by atoms with Crippen molar-refractivity contribution in [3.63, 3.8) is 0 Å². The number of hydrogen-bond acceptors (Lipinski definition) is 7. The van der Waals surface area contributed by atoms with Crippen molar-refractivity contribution < 1.29 is 34.1 Å². The van der Waals surface area contributed by atoms with Crippen LogP contribution in [0.25, 0.3) is 5.76 Å². The highest BCUT2D eigenvalue weighted by molar-refractivity contribution is 9.10. The Morgan fingerprint density at radius 2 is 1.66 bits per heavy atom. The number of amides is 1. The van der Waals surface area contributed by atoms with E-state index in [2.05, 4.69) is 15.9 Å². The molecule has 1 unspecified atom stereocenters. The molecule has 2 N–H and O–H groups in total. The lowest BCUT2D eigenvalue weighted by Crippen LogP contribution is -2.55. The van der Waals surface area contributed by atoms with E-state index in [0.29, 0.717) is 4.47 Å². The maximum atomic E-state index is 13.7. The van der Waals surface area contributed by atoms with Crippen LogP contribution >= 0.6 is 15.9 Å². The number of allylic oxidation sites excluding steroid dienone is 1. The summed E-state index contributed by atoms with van der Waals surface area (Å²) in [6.07, 6.45) is 0.248. The molecule has 2 aromatic rings. The number of aliphatic hydroxyl groups excluding tert-OH is 1. The monoisotopic (exact) mass is 537 g/mol. The second-order valence-corrected chi connectivity index (χ2v) is 10.4. The van der Waals surface area contributed by atoms with Crippen molar-refractivity contribution in [1.29, 1.82) is 0 Å². The van der Waals surface area contributed by atoms with E-state index in [1.54, 1.807) is 12.1 Å². The number of phenolic OH excluding ortho intramolecular Hbond substituents is 1. The minimum atomic E-state index is -2.37. The quantitative estimate of drug-likeness (QED) is 0.257. The second kappa shape index (κ2) is 7.64. The zero-order valence-corrected chi connectivity index (χ0v) is 20.4. The lowest BCUT2D eigenvalue weighted by atomic mass is 9.70. The number of carbonyl (C=O) groups excluding carboxylic acids is 4. The van der Waals surface area contributed by atoms with Crippen molar-refractivity contribution in [3.05, 3.63) is 75.5 Å². The first-order valence-corrected chi connectivity index (χ1v) is 11.6. The maximum absolute atomic E-state index is 13.7. The third kappa shape index (κ3) is 3.18. The molecule has 9 heteroatoms. The van der Waals surface area contributed by atoms with Gasteiger partial charge in [-0.2, -0.15) is 0 Å². The first-order chi connectivity index (χ1) is 16.5. The van der Waals surface area contributed by atoms with Crippen LogP contribution in [-0.2, 0) is 23.9 Å². The molecule has 3 aliphatic rings. The van der Waals surface area contributed by atoms with Crippen LogP contribution in [-0.4, -0.2) is 39.2 Å². The number of fused-ring (bicyclic) bond motifs is 1. The molecule has 0 saturated carbocycles. The van der Waals surface area contributed by atoms with E-state index < -0.39 is 45.7 Å². The Kier molecular flexibility index (Phi) is 5.03. The highest BCUT2D eigenvalue weighted by atomic mass is 79.9. The summed E-state index contributed by atoms with van der Waals surface area (Å²) < 4.78 is 6.27. The number of halogens is 1. The van der Waals surface area contributed by atoms with Gasteiger partial charge in [0, 0.05) is 22.9 Å². The molecule has 0 radical (unpaired) electrons. The zero-order valence-electron chi connectivity index (χ0n) is 18.8. The molecule has 0 aromatic heterocycles. The van der Waals surface area contributed by atoms with Gasteiger partial charge in [0.2, 0.25) is 5.54 Å². The van der Waals surface area contributed by atoms with E-state index in [1.165, 1.54) is 36.4 Å². The molecule has 1 atom stereocenters. The minimum absolute atomic E-state index is 0.0353. The predicted octanol–water partition coefficient (Wildman–Crippen LogP) is 3.98. The Hall–Kier alpha value is -3.72. The van der Waals surface area contributed by atoms with E-state index >= 15 is 0 Å². The molecule has 1 fully saturated rings. The first-order valence-electron chi connectivity index (χ1n) is 10.8. The van der Waals surface area contributed by atoms with Crippen molar-refractivity contribution in [1.82, 2.24) is 0 Å². The predicted molar refractivity (Wildman–Crippen MR) is 128 cm³/mol. The van der Waals surface area contributed by atoms with Crippen LogP contribution in [0.2, 0.25) is 0 Å². The Morgan fingerprint density at radius 3 is 2.31 bits per heavy atom. The third-order valence-corrected chi connectivity index (χ3v) is 7.04. The lowest BCUT2D eigenvalue weighted by molar-refractivity contribution is -0.141. The van der Waals surface area contributed by atoms with Gasteiger partial charge in [-0.05, 0) is 29.7 Å². The smallest absolute Gasteiger partial charge is 0.347 e. The van der Waals surface area contributed by atoms with E-state index in [4.69, 9.17) is 4.74 Å². The van der Waals surface area contributed by atoms with Gasteiger partial charge in [0.05, 0.1) is 16.8 Å². The Balaban J connectivity index is 1.89. The Bertz CT molecular complexity index is 1400. The van der Waals surface area contributed by atoms with Crippen LogP contribution in [0.15, 0.2) is 69.9 Å². The molecule has 178 valence electrons. The summed E-state index contributed by atoms with van der Waals surface area (Å²) in [5.41, 5.74) is -3.63. The number of nitrogens with zero attached hydrogens (tertiary/aromatic N) is 1. The van der Waals surface area contributed by atoms with Crippen molar-refractivity contribution >= 4 is 50.8 Å². The molecule has 1 aliphatic carbocycles. The second-order valence-electron chi connectivity index (χ2n) is 9.53. The molecule has 5 rings (SSSR count). The van der Waals surface area contributed by atoms with Crippen LogP contribution in [0.5, 0.6) is 5.75 Å². The summed E-state index contributed by atoms with van der Waals surface area (Å²) in [6, 6.07) is 11.9. The number of rotatable bonds is 2. The highest BCUT2D eigenvalue weighted by Crippen LogP contribution is 2.55. The molecule has 2 aliphatic heterocycles. The van der Waals surface area contributed by atoms with E-state index in [-0.39, 0.29) is 41.2 Å². The summed E-state index contributed by atoms with van der Waals surface area (Å²) in [7, 11) is 0. The van der Waals surface area contributed by atoms with Crippen molar-refractivity contribution in [2.75, 3.05) is 4.90 Å². The number of phenols is 1. The molecule has 0 bridgehead atoms. The number of carbonyl (C=O) groups is 4. The molecule has 8 nitrogen and oxygen atoms in total. The standard InChI is InChI=1S/C26H20BrNO7/c1-25(2)11-17(30)19-18(12-25)35-24(34)26(19)20(21(31)13-7-9-14(27)10-8-13)22(32)23(33)28(26)15-5-3-4-6-16(15)29/h3-10,29,31H,11-12H2,1-2H3/b21-20-. The summed E-state index contributed by atoms with van der Waals surface area (Å²) in [4.78, 5) is 54.9. The number of anilines is 1. The number of para-hydroxylation sites is 2. The van der Waals surface area contributed by atoms with Gasteiger partial charge in [-0.3, -0.25) is 19.3 Å². The fourth-order valence-electron chi connectivity index (χ4n) is 5.08. The molecule has 1 saturated heterocycles. The number of esters is 1. The van der Waals surface area contributed by atoms with Gasteiger partial charge < -0.3 is 14.9 Å². The molecule has 2 heterocycles. The number of benzene rings is 2. The van der Waals surface area contributed by atoms with Gasteiger partial charge >= 0.3 is 11.9 Å². The van der Waals surface area contributed by atoms with Gasteiger partial charge in [0.15, 0.2) is 5.78 Å². The fraction of sp³-hybridized carbons (Fsp3) is 0.231. The van der Waals surface area contributed by atoms with E-state index in [1.807, 2.05) is 13.8 Å². The largest absolute Gasteiger partial charge is 0.507 e. The van der Waals surface area contributed by atoms with Crippen molar-refractivity contribution in [2.24, 2.45) is 5.41 Å². The molecular formula is C26H20BrNO7. The summed E-state index contributed by atoms with van der Waals surface area (Å²) >= 11 is 3.30. The summed E-state index contributed by atoms with van der Waals surface area (Å²) in [5, 5.41) is 21.9. The average Bonchev–Trinajstić information content (AvgIpc) is 3.18. The SMILES string of the molecule is CC1(C)CC(=O)C2=C(C1)OC(=O)C21/C(=C(\O)c2ccc(Br)cc2)C(=O)C(=O)N1c1ccccc1O. The van der Waals surface area contributed by atoms with Crippen LogP contribution in [0, 0.1) is 5.41 Å². The van der Waals surface area contributed by atoms with E-state index in [0.717, 1.165) is 4.90 Å². The van der Waals surface area contributed by atoms with Gasteiger partial charge in [0.1, 0.15) is 17.3 Å². The molecule has 1 amide bonds. The van der Waals surface area contributed by atoms with Gasteiger partial charge in [0.25, 0.3) is 5.78 Å². The minimum Gasteiger partial charge on any atom is -0.507 e. The van der Waals surface area contributed by atoms with Crippen LogP contribution in [0.4, 0.5) is 5.69 Å². The Morgan fingerprint density at radius 1 is 1.00 bits per heavy atom. The summed E-state index contributed by atoms with van der Waals surface area (Å²) in [6.45, 7) is 3.69. The molecule has 1 spiro atoms. The number of hydrogen-bond donors (Lipinski definition) is 2. The van der Waals surface area contributed by atoms with Gasteiger partial charge in [-0.15, -0.1) is 0 Å². The number of aromatic hydroxyl groups is 1. The maximum Gasteiger partial charge on any atom is 0.347 e. The highest BCUT2D eigenvalue weighted by Gasteiger charge is 2.71. The van der Waals surface area contributed by atoms with Crippen LogP contribution in [0.1, 0.15) is 32.3 Å². The normalized spacial score (nSPS) is 24.8. The number of ether oxygens (including phenoxy) is 1. The van der Waals surface area contributed by atoms with Crippen LogP contribution < -0.4 is 4.90 Å². The number of Topliss-reactive ketones (excluding diaryl/α,β-unsaturated/α-hetero) is 2.